The highest BCUT2D eigenvalue weighted by Crippen LogP contribution is 2.30. The highest BCUT2D eigenvalue weighted by atomic mass is 16.5. The largest absolute Gasteiger partial charge is 0.497 e. The van der Waals surface area contributed by atoms with Gasteiger partial charge in [0.05, 0.1) is 18.1 Å². The Bertz CT molecular complexity index is 1530. The summed E-state index contributed by atoms with van der Waals surface area (Å²) in [6, 6.07) is 14.5. The number of nitrogens with one attached hydrogen (secondary N) is 1. The molecule has 0 saturated heterocycles. The molecule has 8 nitrogen and oxygen atoms in total. The Morgan fingerprint density at radius 1 is 1.00 bits per heavy atom. The lowest BCUT2D eigenvalue weighted by Crippen LogP contribution is -2.25. The molecule has 5 rings (SSSR count). The van der Waals surface area contributed by atoms with Gasteiger partial charge in [0.25, 0.3) is 0 Å². The standard InChI is InChI=1S/C27H29N7O/c1-5-10-34(26-22-9-8-21(35-4)13-23(22)30-17(3)31-26)15-20-11-18(7-6-16(20)2)19-12-24-25(29-14-19)33-27(28)32-24/h6-9,11-14H,5,10,15H2,1-4H3,(H3,28,29,32,33). The first-order valence-corrected chi connectivity index (χ1v) is 11.7. The third-order valence-electron chi connectivity index (χ3n) is 6.19. The van der Waals surface area contributed by atoms with Gasteiger partial charge in [0.2, 0.25) is 0 Å². The Labute approximate surface area is 204 Å². The number of aryl methyl sites for hydroxylation is 2. The van der Waals surface area contributed by atoms with Gasteiger partial charge in [-0.05, 0) is 61.2 Å². The van der Waals surface area contributed by atoms with Gasteiger partial charge < -0.3 is 20.4 Å². The Balaban J connectivity index is 1.54. The Kier molecular flexibility index (Phi) is 5.94. The third-order valence-corrected chi connectivity index (χ3v) is 6.19. The second-order valence-electron chi connectivity index (χ2n) is 8.76. The molecule has 3 N–H and O–H groups in total. The predicted molar refractivity (Wildman–Crippen MR) is 141 cm³/mol. The summed E-state index contributed by atoms with van der Waals surface area (Å²) < 4.78 is 5.41. The fraction of sp³-hybridized carbons (Fsp3) is 0.259. The van der Waals surface area contributed by atoms with E-state index >= 15 is 0 Å². The number of methoxy groups -OCH3 is 1. The van der Waals surface area contributed by atoms with E-state index in [0.717, 1.165) is 64.4 Å². The minimum absolute atomic E-state index is 0.370. The first-order chi connectivity index (χ1) is 16.9. The van der Waals surface area contributed by atoms with Crippen molar-refractivity contribution >= 4 is 33.8 Å². The molecule has 3 aromatic heterocycles. The molecule has 0 atom stereocenters. The van der Waals surface area contributed by atoms with E-state index in [9.17, 15) is 0 Å². The molecule has 35 heavy (non-hydrogen) atoms. The number of fused-ring (bicyclic) bond motifs is 2. The van der Waals surface area contributed by atoms with Gasteiger partial charge in [-0.2, -0.15) is 4.98 Å². The van der Waals surface area contributed by atoms with E-state index in [-0.39, 0.29) is 0 Å². The number of ether oxygens (including phenoxy) is 1. The Morgan fingerprint density at radius 2 is 1.86 bits per heavy atom. The summed E-state index contributed by atoms with van der Waals surface area (Å²) in [6.07, 6.45) is 2.84. The number of nitrogen functional groups attached to an aromatic ring is 1. The minimum Gasteiger partial charge on any atom is -0.497 e. The number of nitrogens with two attached hydrogens (primary N) is 1. The molecule has 8 heteroatoms. The number of aromatic nitrogens is 5. The summed E-state index contributed by atoms with van der Waals surface area (Å²) >= 11 is 0. The second-order valence-corrected chi connectivity index (χ2v) is 8.76. The Morgan fingerprint density at radius 3 is 2.66 bits per heavy atom. The summed E-state index contributed by atoms with van der Waals surface area (Å²) in [5, 5.41) is 1.02. The van der Waals surface area contributed by atoms with E-state index < -0.39 is 0 Å². The Hall–Kier alpha value is -4.20. The third kappa shape index (κ3) is 4.47. The van der Waals surface area contributed by atoms with Crippen molar-refractivity contribution in [2.24, 2.45) is 0 Å². The van der Waals surface area contributed by atoms with Gasteiger partial charge in [-0.1, -0.05) is 19.1 Å². The number of nitrogens with zero attached hydrogens (tertiary/aromatic N) is 5. The summed E-state index contributed by atoms with van der Waals surface area (Å²) in [7, 11) is 1.67. The topological polar surface area (TPSA) is 106 Å². The normalized spacial score (nSPS) is 11.3. The smallest absolute Gasteiger partial charge is 0.200 e. The lowest BCUT2D eigenvalue weighted by molar-refractivity contribution is 0.415. The predicted octanol–water partition coefficient (Wildman–Crippen LogP) is 5.19. The maximum atomic E-state index is 5.80. The van der Waals surface area contributed by atoms with E-state index in [4.69, 9.17) is 15.5 Å². The molecular formula is C27H29N7O. The zero-order valence-electron chi connectivity index (χ0n) is 20.5. The molecule has 0 aliphatic carbocycles. The number of aromatic amines is 1. The zero-order chi connectivity index (χ0) is 24.5. The number of benzene rings is 2. The van der Waals surface area contributed by atoms with Crippen molar-refractivity contribution < 1.29 is 4.74 Å². The molecule has 3 heterocycles. The van der Waals surface area contributed by atoms with E-state index in [1.54, 1.807) is 7.11 Å². The van der Waals surface area contributed by atoms with Crippen molar-refractivity contribution in [3.05, 3.63) is 65.6 Å². The number of H-pyrrole nitrogens is 1. The van der Waals surface area contributed by atoms with Crippen LogP contribution in [0, 0.1) is 13.8 Å². The van der Waals surface area contributed by atoms with Crippen LogP contribution in [0.4, 0.5) is 11.8 Å². The van der Waals surface area contributed by atoms with Gasteiger partial charge in [0.15, 0.2) is 11.6 Å². The lowest BCUT2D eigenvalue weighted by atomic mass is 10.00. The summed E-state index contributed by atoms with van der Waals surface area (Å²) in [5.74, 6) is 2.84. The van der Waals surface area contributed by atoms with Gasteiger partial charge in [0.1, 0.15) is 17.4 Å². The van der Waals surface area contributed by atoms with Crippen LogP contribution in [-0.2, 0) is 6.54 Å². The molecule has 0 radical (unpaired) electrons. The van der Waals surface area contributed by atoms with Crippen LogP contribution in [0.2, 0.25) is 0 Å². The minimum atomic E-state index is 0.370. The van der Waals surface area contributed by atoms with Crippen molar-refractivity contribution in [1.29, 1.82) is 0 Å². The van der Waals surface area contributed by atoms with Crippen LogP contribution in [0.5, 0.6) is 5.75 Å². The molecule has 5 aromatic rings. The van der Waals surface area contributed by atoms with E-state index in [0.29, 0.717) is 11.6 Å². The van der Waals surface area contributed by atoms with Crippen LogP contribution in [-0.4, -0.2) is 38.6 Å². The van der Waals surface area contributed by atoms with Crippen LogP contribution in [0.1, 0.15) is 30.3 Å². The van der Waals surface area contributed by atoms with Crippen molar-refractivity contribution in [2.45, 2.75) is 33.7 Å². The van der Waals surface area contributed by atoms with Gasteiger partial charge in [-0.15, -0.1) is 0 Å². The monoisotopic (exact) mass is 467 g/mol. The van der Waals surface area contributed by atoms with Crippen molar-refractivity contribution in [1.82, 2.24) is 24.9 Å². The highest BCUT2D eigenvalue weighted by Gasteiger charge is 2.16. The van der Waals surface area contributed by atoms with Gasteiger partial charge in [-0.25, -0.2) is 15.0 Å². The fourth-order valence-electron chi connectivity index (χ4n) is 4.41. The number of hydrogen-bond donors (Lipinski definition) is 2. The SMILES string of the molecule is CCCN(Cc1cc(-c2cnc3nc(N)[nH]c3c2)ccc1C)c1nc(C)nc2cc(OC)ccc12. The molecule has 0 amide bonds. The molecule has 0 fully saturated rings. The molecule has 2 aromatic carbocycles. The van der Waals surface area contributed by atoms with Crippen LogP contribution >= 0.6 is 0 Å². The van der Waals surface area contributed by atoms with E-state index in [2.05, 4.69) is 56.9 Å². The highest BCUT2D eigenvalue weighted by molar-refractivity contribution is 5.90. The average molecular weight is 468 g/mol. The molecule has 0 aliphatic rings. The number of hydrogen-bond acceptors (Lipinski definition) is 7. The van der Waals surface area contributed by atoms with Crippen molar-refractivity contribution in [3.8, 4) is 16.9 Å². The lowest BCUT2D eigenvalue weighted by Gasteiger charge is -2.26. The summed E-state index contributed by atoms with van der Waals surface area (Å²) in [6.45, 7) is 7.88. The molecule has 0 saturated carbocycles. The van der Waals surface area contributed by atoms with Crippen LogP contribution < -0.4 is 15.4 Å². The molecular weight excluding hydrogens is 438 g/mol. The number of imidazole rings is 1. The maximum Gasteiger partial charge on any atom is 0.200 e. The average Bonchev–Trinajstić information content (AvgIpc) is 3.23. The molecule has 0 aliphatic heterocycles. The number of anilines is 2. The molecule has 0 spiro atoms. The molecule has 0 bridgehead atoms. The number of pyridine rings is 1. The first kappa shape index (κ1) is 22.6. The van der Waals surface area contributed by atoms with Gasteiger partial charge in [-0.3, -0.25) is 0 Å². The zero-order valence-corrected chi connectivity index (χ0v) is 20.5. The van der Waals surface area contributed by atoms with Crippen LogP contribution in [0.3, 0.4) is 0 Å². The number of rotatable bonds is 7. The molecule has 178 valence electrons. The van der Waals surface area contributed by atoms with Gasteiger partial charge in [0, 0.05) is 36.3 Å². The van der Waals surface area contributed by atoms with Crippen LogP contribution in [0.25, 0.3) is 33.2 Å². The quantitative estimate of drug-likeness (QED) is 0.339. The van der Waals surface area contributed by atoms with E-state index in [1.165, 1.54) is 11.1 Å². The van der Waals surface area contributed by atoms with E-state index in [1.807, 2.05) is 37.4 Å². The van der Waals surface area contributed by atoms with Crippen molar-refractivity contribution in [3.63, 3.8) is 0 Å². The summed E-state index contributed by atoms with van der Waals surface area (Å²) in [5.41, 5.74) is 12.7. The molecule has 0 unspecified atom stereocenters. The van der Waals surface area contributed by atoms with Gasteiger partial charge >= 0.3 is 0 Å². The maximum absolute atomic E-state index is 5.80. The first-order valence-electron chi connectivity index (χ1n) is 11.7. The van der Waals surface area contributed by atoms with Crippen LogP contribution in [0.15, 0.2) is 48.7 Å². The second kappa shape index (κ2) is 9.21. The fourth-order valence-corrected chi connectivity index (χ4v) is 4.41. The van der Waals surface area contributed by atoms with Crippen molar-refractivity contribution in [2.75, 3.05) is 24.3 Å². The summed E-state index contributed by atoms with van der Waals surface area (Å²) in [4.78, 5) is 23.6.